The lowest BCUT2D eigenvalue weighted by Gasteiger charge is -2.10. The van der Waals surface area contributed by atoms with Gasteiger partial charge < -0.3 is 10.2 Å². The third kappa shape index (κ3) is 3.22. The Balaban J connectivity index is 1.92. The van der Waals surface area contributed by atoms with Crippen molar-refractivity contribution in [2.75, 3.05) is 0 Å². The average molecular weight is 280 g/mol. The van der Waals surface area contributed by atoms with Crippen LogP contribution in [-0.2, 0) is 12.8 Å². The summed E-state index contributed by atoms with van der Waals surface area (Å²) in [5, 5.41) is 0. The minimum absolute atomic E-state index is 0.138. The van der Waals surface area contributed by atoms with E-state index in [4.69, 9.17) is 10.2 Å². The van der Waals surface area contributed by atoms with Gasteiger partial charge in [-0.2, -0.15) is 0 Å². The summed E-state index contributed by atoms with van der Waals surface area (Å²) in [7, 11) is 0. The van der Waals surface area contributed by atoms with Crippen LogP contribution in [0.15, 0.2) is 51.7 Å². The van der Waals surface area contributed by atoms with Gasteiger partial charge in [0.15, 0.2) is 0 Å². The number of rotatable bonds is 4. The molecule has 1 aromatic carbocycles. The lowest BCUT2D eigenvalue weighted by molar-refractivity contribution is 0.559. The fourth-order valence-electron chi connectivity index (χ4n) is 1.71. The highest BCUT2D eigenvalue weighted by Crippen LogP contribution is 2.13. The van der Waals surface area contributed by atoms with E-state index in [0.717, 1.165) is 22.9 Å². The highest BCUT2D eigenvalue weighted by atomic mass is 79.9. The van der Waals surface area contributed by atoms with Crippen LogP contribution in [-0.4, -0.2) is 6.04 Å². The summed E-state index contributed by atoms with van der Waals surface area (Å²) in [6.07, 6.45) is 5.17. The fourth-order valence-corrected chi connectivity index (χ4v) is 1.97. The van der Waals surface area contributed by atoms with E-state index >= 15 is 0 Å². The zero-order chi connectivity index (χ0) is 11.4. The van der Waals surface area contributed by atoms with Gasteiger partial charge in [-0.25, -0.2) is 0 Å². The minimum atomic E-state index is 0.138. The van der Waals surface area contributed by atoms with Gasteiger partial charge in [-0.05, 0) is 42.2 Å². The normalized spacial score (nSPS) is 12.6. The largest absolute Gasteiger partial charge is 0.472 e. The first-order chi connectivity index (χ1) is 7.74. The van der Waals surface area contributed by atoms with Crippen LogP contribution < -0.4 is 5.73 Å². The summed E-state index contributed by atoms with van der Waals surface area (Å²) < 4.78 is 6.12. The maximum Gasteiger partial charge on any atom is 0.0935 e. The first-order valence-electron chi connectivity index (χ1n) is 5.25. The molecular formula is C13H14BrNO. The van der Waals surface area contributed by atoms with Crippen molar-refractivity contribution in [2.24, 2.45) is 5.73 Å². The Kier molecular flexibility index (Phi) is 3.80. The van der Waals surface area contributed by atoms with Gasteiger partial charge in [0, 0.05) is 10.5 Å². The number of furan rings is 1. The van der Waals surface area contributed by atoms with Crippen LogP contribution in [0.5, 0.6) is 0 Å². The van der Waals surface area contributed by atoms with Crippen LogP contribution in [0.25, 0.3) is 0 Å². The molecule has 0 saturated heterocycles. The molecule has 3 heteroatoms. The van der Waals surface area contributed by atoms with E-state index in [0.29, 0.717) is 0 Å². The zero-order valence-electron chi connectivity index (χ0n) is 8.90. The van der Waals surface area contributed by atoms with Gasteiger partial charge in [-0.1, -0.05) is 28.1 Å². The van der Waals surface area contributed by atoms with Gasteiger partial charge in [0.2, 0.25) is 0 Å². The van der Waals surface area contributed by atoms with E-state index in [1.807, 2.05) is 18.2 Å². The Morgan fingerprint density at radius 1 is 1.06 bits per heavy atom. The van der Waals surface area contributed by atoms with Gasteiger partial charge >= 0.3 is 0 Å². The van der Waals surface area contributed by atoms with Crippen molar-refractivity contribution in [2.45, 2.75) is 18.9 Å². The molecule has 2 rings (SSSR count). The minimum Gasteiger partial charge on any atom is -0.472 e. The maximum atomic E-state index is 6.08. The lowest BCUT2D eigenvalue weighted by Crippen LogP contribution is -2.25. The van der Waals surface area contributed by atoms with Crippen molar-refractivity contribution in [3.63, 3.8) is 0 Å². The predicted octanol–water partition coefficient (Wildman–Crippen LogP) is 3.15. The first kappa shape index (κ1) is 11.4. The molecule has 0 aliphatic carbocycles. The quantitative estimate of drug-likeness (QED) is 0.934. The summed E-state index contributed by atoms with van der Waals surface area (Å²) >= 11 is 3.42. The third-order valence-corrected chi connectivity index (χ3v) is 3.02. The molecule has 0 fully saturated rings. The molecule has 0 bridgehead atoms. The molecule has 2 aromatic rings. The van der Waals surface area contributed by atoms with Gasteiger partial charge in [0.25, 0.3) is 0 Å². The van der Waals surface area contributed by atoms with Crippen LogP contribution >= 0.6 is 15.9 Å². The Morgan fingerprint density at radius 2 is 1.75 bits per heavy atom. The number of hydrogen-bond acceptors (Lipinski definition) is 2. The van der Waals surface area contributed by atoms with E-state index in [9.17, 15) is 0 Å². The molecule has 0 aliphatic heterocycles. The molecule has 1 heterocycles. The van der Waals surface area contributed by atoms with Crippen LogP contribution in [0.4, 0.5) is 0 Å². The Bertz CT molecular complexity index is 422. The summed E-state index contributed by atoms with van der Waals surface area (Å²) in [5.74, 6) is 0. The summed E-state index contributed by atoms with van der Waals surface area (Å²) in [4.78, 5) is 0. The molecule has 16 heavy (non-hydrogen) atoms. The van der Waals surface area contributed by atoms with Crippen molar-refractivity contribution in [1.82, 2.24) is 0 Å². The van der Waals surface area contributed by atoms with E-state index in [1.165, 1.54) is 5.56 Å². The Hall–Kier alpha value is -1.06. The molecule has 0 saturated carbocycles. The van der Waals surface area contributed by atoms with Crippen LogP contribution in [0.3, 0.4) is 0 Å². The molecular weight excluding hydrogens is 266 g/mol. The molecule has 0 radical (unpaired) electrons. The van der Waals surface area contributed by atoms with Crippen molar-refractivity contribution < 1.29 is 4.42 Å². The molecule has 2 N–H and O–H groups in total. The van der Waals surface area contributed by atoms with Gasteiger partial charge in [0.1, 0.15) is 0 Å². The van der Waals surface area contributed by atoms with Crippen LogP contribution in [0.1, 0.15) is 11.1 Å². The lowest BCUT2D eigenvalue weighted by atomic mass is 10.0. The Morgan fingerprint density at radius 3 is 2.38 bits per heavy atom. The second-order valence-corrected chi connectivity index (χ2v) is 4.84. The smallest absolute Gasteiger partial charge is 0.0935 e. The molecule has 1 unspecified atom stereocenters. The van der Waals surface area contributed by atoms with Crippen molar-refractivity contribution in [1.29, 1.82) is 0 Å². The number of nitrogens with two attached hydrogens (primary N) is 1. The second kappa shape index (κ2) is 5.32. The van der Waals surface area contributed by atoms with Gasteiger partial charge in [-0.3, -0.25) is 0 Å². The van der Waals surface area contributed by atoms with E-state index in [1.54, 1.807) is 12.5 Å². The summed E-state index contributed by atoms with van der Waals surface area (Å²) in [6, 6.07) is 10.4. The number of halogens is 1. The molecule has 1 aromatic heterocycles. The molecule has 0 aliphatic rings. The molecule has 1 atom stereocenters. The van der Waals surface area contributed by atoms with Gasteiger partial charge in [0.05, 0.1) is 12.5 Å². The fraction of sp³-hybridized carbons (Fsp3) is 0.231. The van der Waals surface area contributed by atoms with E-state index in [2.05, 4.69) is 28.1 Å². The van der Waals surface area contributed by atoms with E-state index < -0.39 is 0 Å². The van der Waals surface area contributed by atoms with Crippen molar-refractivity contribution in [3.8, 4) is 0 Å². The third-order valence-electron chi connectivity index (χ3n) is 2.49. The number of benzene rings is 1. The maximum absolute atomic E-state index is 6.08. The second-order valence-electron chi connectivity index (χ2n) is 3.93. The predicted molar refractivity (Wildman–Crippen MR) is 68.2 cm³/mol. The highest BCUT2D eigenvalue weighted by Gasteiger charge is 2.06. The Labute approximate surface area is 104 Å². The standard InChI is InChI=1S/C13H14BrNO/c14-12-3-1-10(2-4-12)7-13(15)8-11-5-6-16-9-11/h1-6,9,13H,7-8,15H2. The monoisotopic (exact) mass is 279 g/mol. The van der Waals surface area contributed by atoms with Gasteiger partial charge in [-0.15, -0.1) is 0 Å². The first-order valence-corrected chi connectivity index (χ1v) is 6.04. The molecule has 0 amide bonds. The SMILES string of the molecule is NC(Cc1ccc(Br)cc1)Cc1ccoc1. The summed E-state index contributed by atoms with van der Waals surface area (Å²) in [6.45, 7) is 0. The summed E-state index contributed by atoms with van der Waals surface area (Å²) in [5.41, 5.74) is 8.50. The van der Waals surface area contributed by atoms with Crippen LogP contribution in [0, 0.1) is 0 Å². The highest BCUT2D eigenvalue weighted by molar-refractivity contribution is 9.10. The number of hydrogen-bond donors (Lipinski definition) is 1. The zero-order valence-corrected chi connectivity index (χ0v) is 10.5. The molecule has 0 spiro atoms. The topological polar surface area (TPSA) is 39.2 Å². The molecule has 2 nitrogen and oxygen atoms in total. The van der Waals surface area contributed by atoms with Crippen molar-refractivity contribution >= 4 is 15.9 Å². The average Bonchev–Trinajstić information content (AvgIpc) is 2.74. The van der Waals surface area contributed by atoms with Crippen molar-refractivity contribution in [3.05, 3.63) is 58.5 Å². The van der Waals surface area contributed by atoms with Crippen LogP contribution in [0.2, 0.25) is 0 Å². The van der Waals surface area contributed by atoms with E-state index in [-0.39, 0.29) is 6.04 Å². The molecule has 84 valence electrons.